The fraction of sp³-hybridized carbons (Fsp3) is 0.267. The van der Waals surface area contributed by atoms with Gasteiger partial charge >= 0.3 is 0 Å². The van der Waals surface area contributed by atoms with Gasteiger partial charge in [0.05, 0.1) is 10.2 Å². The average molecular weight is 333 g/mol. The maximum atomic E-state index is 4.49. The first-order chi connectivity index (χ1) is 9.72. The van der Waals surface area contributed by atoms with E-state index in [1.165, 1.54) is 10.9 Å². The summed E-state index contributed by atoms with van der Waals surface area (Å²) < 4.78 is 3.20. The van der Waals surface area contributed by atoms with E-state index in [1.54, 1.807) is 0 Å². The van der Waals surface area contributed by atoms with Gasteiger partial charge in [0.15, 0.2) is 0 Å². The highest BCUT2D eigenvalue weighted by atomic mass is 79.9. The van der Waals surface area contributed by atoms with Gasteiger partial charge in [-0.1, -0.05) is 18.2 Å². The van der Waals surface area contributed by atoms with Crippen molar-refractivity contribution in [3.05, 3.63) is 40.6 Å². The fourth-order valence-corrected chi connectivity index (χ4v) is 3.08. The SMILES string of the molecule is CNCCc1[nH]nc(-c2cn(C)c3ccccc23)c1Br. The van der Waals surface area contributed by atoms with E-state index < -0.39 is 0 Å². The number of fused-ring (bicyclic) bond motifs is 1. The van der Waals surface area contributed by atoms with Gasteiger partial charge in [-0.3, -0.25) is 5.10 Å². The van der Waals surface area contributed by atoms with Crippen molar-refractivity contribution in [1.29, 1.82) is 0 Å². The number of hydrogen-bond donors (Lipinski definition) is 2. The third-order valence-electron chi connectivity index (χ3n) is 3.55. The second-order valence-corrected chi connectivity index (χ2v) is 5.68. The Kier molecular flexibility index (Phi) is 3.63. The van der Waals surface area contributed by atoms with E-state index in [4.69, 9.17) is 0 Å². The second-order valence-electron chi connectivity index (χ2n) is 4.89. The Morgan fingerprint density at radius 3 is 2.95 bits per heavy atom. The van der Waals surface area contributed by atoms with Crippen molar-refractivity contribution in [1.82, 2.24) is 20.1 Å². The molecule has 0 unspecified atom stereocenters. The summed E-state index contributed by atoms with van der Waals surface area (Å²) in [5.41, 5.74) is 4.48. The van der Waals surface area contributed by atoms with E-state index in [0.29, 0.717) is 0 Å². The first kappa shape index (κ1) is 13.4. The molecule has 5 heteroatoms. The Balaban J connectivity index is 2.10. The van der Waals surface area contributed by atoms with Gasteiger partial charge in [-0.2, -0.15) is 5.10 Å². The van der Waals surface area contributed by atoms with Gasteiger partial charge in [0, 0.05) is 42.7 Å². The molecule has 2 N–H and O–H groups in total. The Labute approximate surface area is 126 Å². The van der Waals surface area contributed by atoms with Crippen molar-refractivity contribution in [2.75, 3.05) is 13.6 Å². The van der Waals surface area contributed by atoms with Gasteiger partial charge < -0.3 is 9.88 Å². The summed E-state index contributed by atoms with van der Waals surface area (Å²) in [6, 6.07) is 8.39. The molecule has 3 rings (SSSR count). The van der Waals surface area contributed by atoms with Crippen LogP contribution in [0.1, 0.15) is 5.69 Å². The molecule has 4 nitrogen and oxygen atoms in total. The number of benzene rings is 1. The molecule has 20 heavy (non-hydrogen) atoms. The van der Waals surface area contributed by atoms with Gasteiger partial charge in [0.25, 0.3) is 0 Å². The third-order valence-corrected chi connectivity index (χ3v) is 4.41. The van der Waals surface area contributed by atoms with Crippen LogP contribution in [0.2, 0.25) is 0 Å². The second kappa shape index (κ2) is 5.42. The number of aromatic nitrogens is 3. The number of H-pyrrole nitrogens is 1. The quantitative estimate of drug-likeness (QED) is 0.771. The molecular formula is C15H17BrN4. The molecule has 3 aromatic rings. The smallest absolute Gasteiger partial charge is 0.109 e. The molecule has 104 valence electrons. The number of likely N-dealkylation sites (N-methyl/N-ethyl adjacent to an activating group) is 1. The van der Waals surface area contributed by atoms with Gasteiger partial charge in [-0.25, -0.2) is 0 Å². The van der Waals surface area contributed by atoms with E-state index in [1.807, 2.05) is 7.05 Å². The number of nitrogens with zero attached hydrogens (tertiary/aromatic N) is 2. The summed E-state index contributed by atoms with van der Waals surface area (Å²) >= 11 is 3.68. The average Bonchev–Trinajstić information content (AvgIpc) is 2.98. The molecule has 0 aliphatic carbocycles. The minimum atomic E-state index is 0.925. The summed E-state index contributed by atoms with van der Waals surface area (Å²) in [5.74, 6) is 0. The Morgan fingerprint density at radius 1 is 1.35 bits per heavy atom. The minimum Gasteiger partial charge on any atom is -0.350 e. The maximum absolute atomic E-state index is 4.49. The molecular weight excluding hydrogens is 316 g/mol. The lowest BCUT2D eigenvalue weighted by Crippen LogP contribution is -2.10. The summed E-state index contributed by atoms with van der Waals surface area (Å²) in [7, 11) is 4.02. The summed E-state index contributed by atoms with van der Waals surface area (Å²) in [4.78, 5) is 0. The summed E-state index contributed by atoms with van der Waals surface area (Å²) in [6.45, 7) is 0.926. The normalized spacial score (nSPS) is 11.3. The highest BCUT2D eigenvalue weighted by Crippen LogP contribution is 2.34. The standard InChI is InChI=1S/C15H17BrN4/c1-17-8-7-12-14(16)15(19-18-12)11-9-20(2)13-6-4-3-5-10(11)13/h3-6,9,17H,7-8H2,1-2H3,(H,18,19). The molecule has 0 spiro atoms. The molecule has 0 radical (unpaired) electrons. The highest BCUT2D eigenvalue weighted by Gasteiger charge is 2.16. The van der Waals surface area contributed by atoms with Crippen molar-refractivity contribution in [3.8, 4) is 11.3 Å². The Morgan fingerprint density at radius 2 is 2.15 bits per heavy atom. The van der Waals surface area contributed by atoms with Crippen LogP contribution in [0.5, 0.6) is 0 Å². The monoisotopic (exact) mass is 332 g/mol. The Bertz CT molecular complexity index is 741. The predicted molar refractivity (Wildman–Crippen MR) is 85.8 cm³/mol. The lowest BCUT2D eigenvalue weighted by Gasteiger charge is -1.98. The van der Waals surface area contributed by atoms with Crippen molar-refractivity contribution in [2.24, 2.45) is 7.05 Å². The molecule has 2 aromatic heterocycles. The number of para-hydroxylation sites is 1. The minimum absolute atomic E-state index is 0.925. The van der Waals surface area contributed by atoms with Crippen LogP contribution in [-0.4, -0.2) is 28.4 Å². The van der Waals surface area contributed by atoms with Crippen molar-refractivity contribution in [3.63, 3.8) is 0 Å². The molecule has 0 saturated carbocycles. The molecule has 0 bridgehead atoms. The summed E-state index contributed by atoms with van der Waals surface area (Å²) in [6.07, 6.45) is 3.06. The van der Waals surface area contributed by atoms with Gasteiger partial charge in [0.1, 0.15) is 5.69 Å². The number of nitrogens with one attached hydrogen (secondary N) is 2. The fourth-order valence-electron chi connectivity index (χ4n) is 2.49. The van der Waals surface area contributed by atoms with Crippen LogP contribution in [0, 0.1) is 0 Å². The zero-order chi connectivity index (χ0) is 14.1. The predicted octanol–water partition coefficient (Wildman–Crippen LogP) is 3.09. The van der Waals surface area contributed by atoms with Crippen LogP contribution < -0.4 is 5.32 Å². The molecule has 0 atom stereocenters. The van der Waals surface area contributed by atoms with Crippen LogP contribution >= 0.6 is 15.9 Å². The van der Waals surface area contributed by atoms with E-state index in [9.17, 15) is 0 Å². The largest absolute Gasteiger partial charge is 0.350 e. The first-order valence-corrected chi connectivity index (χ1v) is 7.43. The number of aromatic amines is 1. The molecule has 0 fully saturated rings. The number of rotatable bonds is 4. The number of hydrogen-bond acceptors (Lipinski definition) is 2. The van der Waals surface area contributed by atoms with Crippen molar-refractivity contribution < 1.29 is 0 Å². The Hall–Kier alpha value is -1.59. The van der Waals surface area contributed by atoms with Crippen molar-refractivity contribution >= 4 is 26.8 Å². The third kappa shape index (κ3) is 2.17. The van der Waals surface area contributed by atoms with Crippen molar-refractivity contribution in [2.45, 2.75) is 6.42 Å². The first-order valence-electron chi connectivity index (χ1n) is 6.64. The molecule has 0 aliphatic rings. The maximum Gasteiger partial charge on any atom is 0.109 e. The molecule has 2 heterocycles. The number of aryl methyl sites for hydroxylation is 1. The molecule has 1 aromatic carbocycles. The van der Waals surface area contributed by atoms with Crippen LogP contribution in [0.25, 0.3) is 22.2 Å². The van der Waals surface area contributed by atoms with Crippen LogP contribution in [-0.2, 0) is 13.5 Å². The zero-order valence-electron chi connectivity index (χ0n) is 11.6. The summed E-state index contributed by atoms with van der Waals surface area (Å²) in [5, 5.41) is 12.0. The van der Waals surface area contributed by atoms with E-state index in [2.05, 4.69) is 73.5 Å². The zero-order valence-corrected chi connectivity index (χ0v) is 13.2. The molecule has 0 amide bonds. The van der Waals surface area contributed by atoms with Gasteiger partial charge in [-0.05, 0) is 29.0 Å². The van der Waals surface area contributed by atoms with E-state index in [0.717, 1.165) is 34.4 Å². The van der Waals surface area contributed by atoms with Gasteiger partial charge in [0.2, 0.25) is 0 Å². The van der Waals surface area contributed by atoms with E-state index >= 15 is 0 Å². The van der Waals surface area contributed by atoms with Crippen LogP contribution in [0.15, 0.2) is 34.9 Å². The lowest BCUT2D eigenvalue weighted by molar-refractivity contribution is 0.770. The topological polar surface area (TPSA) is 45.6 Å². The van der Waals surface area contributed by atoms with Gasteiger partial charge in [-0.15, -0.1) is 0 Å². The van der Waals surface area contributed by atoms with Crippen LogP contribution in [0.3, 0.4) is 0 Å². The van der Waals surface area contributed by atoms with E-state index in [-0.39, 0.29) is 0 Å². The lowest BCUT2D eigenvalue weighted by atomic mass is 10.1. The molecule has 0 aliphatic heterocycles. The molecule has 0 saturated heterocycles. The number of halogens is 1. The highest BCUT2D eigenvalue weighted by molar-refractivity contribution is 9.10. The van der Waals surface area contributed by atoms with Crippen LogP contribution in [0.4, 0.5) is 0 Å².